The average Bonchev–Trinajstić information content (AvgIpc) is 2.54. The molecule has 1 aliphatic heterocycles. The molecule has 60 valence electrons. The Labute approximate surface area is 71.7 Å². The number of hydrogen-bond donors (Lipinski definition) is 0. The molecule has 0 bridgehead atoms. The average molecular weight is 158 g/mol. The maximum Gasteiger partial charge on any atom is 0.0309 e. The SMILES string of the molecule is CC1=NC=C(c2ccncc2)C1. The highest BCUT2D eigenvalue weighted by Gasteiger charge is 2.07. The number of aliphatic imine (C=N–C) groups is 1. The molecule has 2 heterocycles. The van der Waals surface area contributed by atoms with Gasteiger partial charge in [0.25, 0.3) is 0 Å². The van der Waals surface area contributed by atoms with Gasteiger partial charge in [0.05, 0.1) is 0 Å². The summed E-state index contributed by atoms with van der Waals surface area (Å²) in [5, 5.41) is 0. The number of nitrogens with zero attached hydrogens (tertiary/aromatic N) is 2. The molecule has 0 spiro atoms. The van der Waals surface area contributed by atoms with Crippen LogP contribution >= 0.6 is 0 Å². The molecule has 0 atom stereocenters. The van der Waals surface area contributed by atoms with E-state index >= 15 is 0 Å². The Morgan fingerprint density at radius 3 is 2.58 bits per heavy atom. The minimum absolute atomic E-state index is 0.976. The maximum absolute atomic E-state index is 4.23. The fourth-order valence-corrected chi connectivity index (χ4v) is 1.30. The van der Waals surface area contributed by atoms with Crippen LogP contribution in [0.4, 0.5) is 0 Å². The van der Waals surface area contributed by atoms with E-state index in [1.54, 1.807) is 0 Å². The highest BCUT2D eigenvalue weighted by Crippen LogP contribution is 2.22. The van der Waals surface area contributed by atoms with Crippen molar-refractivity contribution >= 4 is 11.3 Å². The molecule has 0 aliphatic carbocycles. The molecule has 0 fully saturated rings. The van der Waals surface area contributed by atoms with Crippen molar-refractivity contribution in [2.24, 2.45) is 4.99 Å². The minimum atomic E-state index is 0.976. The van der Waals surface area contributed by atoms with Gasteiger partial charge in [-0.1, -0.05) is 0 Å². The predicted octanol–water partition coefficient (Wildman–Crippen LogP) is 2.29. The van der Waals surface area contributed by atoms with Gasteiger partial charge < -0.3 is 0 Å². The highest BCUT2D eigenvalue weighted by atomic mass is 14.7. The molecule has 0 saturated carbocycles. The number of rotatable bonds is 1. The smallest absolute Gasteiger partial charge is 0.0309 e. The monoisotopic (exact) mass is 158 g/mol. The number of aromatic nitrogens is 1. The van der Waals surface area contributed by atoms with E-state index in [1.165, 1.54) is 16.8 Å². The number of hydrogen-bond acceptors (Lipinski definition) is 2. The van der Waals surface area contributed by atoms with Gasteiger partial charge in [0.15, 0.2) is 0 Å². The van der Waals surface area contributed by atoms with Crippen molar-refractivity contribution in [3.63, 3.8) is 0 Å². The molecule has 1 aliphatic rings. The summed E-state index contributed by atoms with van der Waals surface area (Å²) >= 11 is 0. The van der Waals surface area contributed by atoms with Crippen molar-refractivity contribution in [2.75, 3.05) is 0 Å². The molecule has 2 heteroatoms. The highest BCUT2D eigenvalue weighted by molar-refractivity contribution is 5.96. The quantitative estimate of drug-likeness (QED) is 0.615. The Kier molecular flexibility index (Phi) is 1.74. The zero-order chi connectivity index (χ0) is 8.39. The lowest BCUT2D eigenvalue weighted by Gasteiger charge is -1.99. The third-order valence-corrected chi connectivity index (χ3v) is 1.94. The summed E-state index contributed by atoms with van der Waals surface area (Å²) in [5.74, 6) is 0. The van der Waals surface area contributed by atoms with Crippen LogP contribution < -0.4 is 0 Å². The summed E-state index contributed by atoms with van der Waals surface area (Å²) in [6, 6.07) is 4.03. The van der Waals surface area contributed by atoms with Crippen molar-refractivity contribution in [2.45, 2.75) is 13.3 Å². The first-order valence-electron chi connectivity index (χ1n) is 3.99. The fraction of sp³-hybridized carbons (Fsp3) is 0.200. The van der Waals surface area contributed by atoms with E-state index < -0.39 is 0 Å². The summed E-state index contributed by atoms with van der Waals surface area (Å²) in [7, 11) is 0. The van der Waals surface area contributed by atoms with Crippen LogP contribution in [-0.4, -0.2) is 10.7 Å². The molecule has 0 radical (unpaired) electrons. The van der Waals surface area contributed by atoms with Crippen LogP contribution in [0.25, 0.3) is 5.57 Å². The van der Waals surface area contributed by atoms with Crippen molar-refractivity contribution in [1.82, 2.24) is 4.98 Å². The third-order valence-electron chi connectivity index (χ3n) is 1.94. The summed E-state index contributed by atoms with van der Waals surface area (Å²) in [6.45, 7) is 2.05. The van der Waals surface area contributed by atoms with Crippen molar-refractivity contribution in [3.8, 4) is 0 Å². The van der Waals surface area contributed by atoms with Crippen LogP contribution in [0.5, 0.6) is 0 Å². The van der Waals surface area contributed by atoms with E-state index in [0.717, 1.165) is 6.42 Å². The Morgan fingerprint density at radius 1 is 1.25 bits per heavy atom. The van der Waals surface area contributed by atoms with E-state index in [4.69, 9.17) is 0 Å². The second-order valence-corrected chi connectivity index (χ2v) is 2.93. The van der Waals surface area contributed by atoms with E-state index in [2.05, 4.69) is 9.98 Å². The predicted molar refractivity (Wildman–Crippen MR) is 49.9 cm³/mol. The first kappa shape index (κ1) is 7.22. The molecule has 2 nitrogen and oxygen atoms in total. The topological polar surface area (TPSA) is 25.2 Å². The molecule has 2 rings (SSSR count). The second-order valence-electron chi connectivity index (χ2n) is 2.93. The largest absolute Gasteiger partial charge is 0.265 e. The molecule has 1 aromatic heterocycles. The lowest BCUT2D eigenvalue weighted by molar-refractivity contribution is 1.31. The van der Waals surface area contributed by atoms with Crippen LogP contribution in [0, 0.1) is 0 Å². The molecule has 0 amide bonds. The fourth-order valence-electron chi connectivity index (χ4n) is 1.30. The molecular formula is C10H10N2. The summed E-state index contributed by atoms with van der Waals surface area (Å²) in [4.78, 5) is 8.20. The normalized spacial score (nSPS) is 15.8. The van der Waals surface area contributed by atoms with E-state index in [0.29, 0.717) is 0 Å². The molecule has 12 heavy (non-hydrogen) atoms. The molecule has 1 aromatic rings. The number of pyridine rings is 1. The molecule has 0 saturated heterocycles. The lowest BCUT2D eigenvalue weighted by atomic mass is 10.1. The van der Waals surface area contributed by atoms with Crippen molar-refractivity contribution < 1.29 is 0 Å². The van der Waals surface area contributed by atoms with Crippen LogP contribution in [0.15, 0.2) is 35.7 Å². The molecule has 0 N–H and O–H groups in total. The van der Waals surface area contributed by atoms with Crippen LogP contribution in [0.2, 0.25) is 0 Å². The van der Waals surface area contributed by atoms with Crippen LogP contribution in [0.3, 0.4) is 0 Å². The minimum Gasteiger partial charge on any atom is -0.265 e. The zero-order valence-electron chi connectivity index (χ0n) is 6.99. The van der Waals surface area contributed by atoms with Gasteiger partial charge in [-0.2, -0.15) is 0 Å². The van der Waals surface area contributed by atoms with Crippen molar-refractivity contribution in [3.05, 3.63) is 36.3 Å². The van der Waals surface area contributed by atoms with Gasteiger partial charge in [0, 0.05) is 30.7 Å². The molecule has 0 unspecified atom stereocenters. The lowest BCUT2D eigenvalue weighted by Crippen LogP contribution is -1.87. The standard InChI is InChI=1S/C10H10N2/c1-8-6-10(7-12-8)9-2-4-11-5-3-9/h2-5,7H,6H2,1H3. The van der Waals surface area contributed by atoms with Gasteiger partial charge >= 0.3 is 0 Å². The van der Waals surface area contributed by atoms with E-state index in [9.17, 15) is 0 Å². The third kappa shape index (κ3) is 1.28. The summed E-state index contributed by atoms with van der Waals surface area (Å²) in [6.07, 6.45) is 6.53. The van der Waals surface area contributed by atoms with Crippen LogP contribution in [0.1, 0.15) is 18.9 Å². The van der Waals surface area contributed by atoms with Gasteiger partial charge in [-0.05, 0) is 30.2 Å². The van der Waals surface area contributed by atoms with Gasteiger partial charge in [-0.3, -0.25) is 9.98 Å². The Morgan fingerprint density at radius 2 is 2.00 bits per heavy atom. The Hall–Kier alpha value is -1.44. The van der Waals surface area contributed by atoms with Crippen LogP contribution in [-0.2, 0) is 0 Å². The van der Waals surface area contributed by atoms with Gasteiger partial charge in [0.1, 0.15) is 0 Å². The van der Waals surface area contributed by atoms with Gasteiger partial charge in [0.2, 0.25) is 0 Å². The van der Waals surface area contributed by atoms with Crippen molar-refractivity contribution in [1.29, 1.82) is 0 Å². The van der Waals surface area contributed by atoms with E-state index in [1.807, 2.05) is 37.7 Å². The molecule has 0 aromatic carbocycles. The Balaban J connectivity index is 2.25. The van der Waals surface area contributed by atoms with Gasteiger partial charge in [-0.25, -0.2) is 0 Å². The van der Waals surface area contributed by atoms with Gasteiger partial charge in [-0.15, -0.1) is 0 Å². The first-order valence-corrected chi connectivity index (χ1v) is 3.99. The molecular weight excluding hydrogens is 148 g/mol. The van der Waals surface area contributed by atoms with E-state index in [-0.39, 0.29) is 0 Å². The zero-order valence-corrected chi connectivity index (χ0v) is 6.99. The second kappa shape index (κ2) is 2.89. The Bertz CT molecular complexity index is 336. The summed E-state index contributed by atoms with van der Waals surface area (Å²) in [5.41, 5.74) is 3.70. The summed E-state index contributed by atoms with van der Waals surface area (Å²) < 4.78 is 0. The number of allylic oxidation sites excluding steroid dienone is 1. The maximum atomic E-state index is 4.23. The first-order chi connectivity index (χ1) is 5.86.